The molecule has 0 aliphatic heterocycles. The standard InChI is InChI=1S/C10H21NO2/c1-4-5-6-7-9(2)11-8-10(12)13-3/h9,11H,4-8H2,1-3H3/t9-/m0/s1. The lowest BCUT2D eigenvalue weighted by Crippen LogP contribution is -2.31. The zero-order valence-electron chi connectivity index (χ0n) is 8.93. The number of rotatable bonds is 7. The van der Waals surface area contributed by atoms with Crippen molar-refractivity contribution in [3.05, 3.63) is 0 Å². The van der Waals surface area contributed by atoms with Crippen molar-refractivity contribution in [1.29, 1.82) is 0 Å². The molecule has 0 saturated heterocycles. The third kappa shape index (κ3) is 7.78. The lowest BCUT2D eigenvalue weighted by Gasteiger charge is -2.11. The molecular formula is C10H21NO2. The first-order valence-corrected chi connectivity index (χ1v) is 5.00. The Kier molecular flexibility index (Phi) is 7.69. The highest BCUT2D eigenvalue weighted by molar-refractivity contribution is 5.71. The van der Waals surface area contributed by atoms with Gasteiger partial charge >= 0.3 is 5.97 Å². The van der Waals surface area contributed by atoms with Crippen molar-refractivity contribution >= 4 is 5.97 Å². The van der Waals surface area contributed by atoms with Crippen molar-refractivity contribution < 1.29 is 9.53 Å². The van der Waals surface area contributed by atoms with Crippen LogP contribution in [-0.2, 0) is 9.53 Å². The molecule has 0 rings (SSSR count). The van der Waals surface area contributed by atoms with Gasteiger partial charge in [-0.25, -0.2) is 0 Å². The van der Waals surface area contributed by atoms with E-state index in [1.807, 2.05) is 0 Å². The highest BCUT2D eigenvalue weighted by Gasteiger charge is 2.04. The molecule has 0 aliphatic rings. The van der Waals surface area contributed by atoms with Crippen LogP contribution in [0.15, 0.2) is 0 Å². The first-order chi connectivity index (χ1) is 6.20. The highest BCUT2D eigenvalue weighted by Crippen LogP contribution is 2.02. The van der Waals surface area contributed by atoms with E-state index in [0.717, 1.165) is 6.42 Å². The highest BCUT2D eigenvalue weighted by atomic mass is 16.5. The number of hydrogen-bond donors (Lipinski definition) is 1. The van der Waals surface area contributed by atoms with Crippen molar-refractivity contribution in [2.45, 2.75) is 45.6 Å². The molecule has 0 aromatic heterocycles. The van der Waals surface area contributed by atoms with Gasteiger partial charge in [-0.1, -0.05) is 26.2 Å². The Morgan fingerprint density at radius 1 is 1.46 bits per heavy atom. The molecule has 0 saturated carbocycles. The van der Waals surface area contributed by atoms with Gasteiger partial charge in [-0.15, -0.1) is 0 Å². The van der Waals surface area contributed by atoms with Crippen molar-refractivity contribution in [2.24, 2.45) is 0 Å². The molecule has 13 heavy (non-hydrogen) atoms. The van der Waals surface area contributed by atoms with Crippen LogP contribution in [0.4, 0.5) is 0 Å². The Labute approximate surface area is 80.8 Å². The average molecular weight is 187 g/mol. The smallest absolute Gasteiger partial charge is 0.319 e. The Morgan fingerprint density at radius 3 is 2.69 bits per heavy atom. The van der Waals surface area contributed by atoms with Gasteiger partial charge in [0.2, 0.25) is 0 Å². The fraction of sp³-hybridized carbons (Fsp3) is 0.900. The number of esters is 1. The average Bonchev–Trinajstić information content (AvgIpc) is 2.14. The molecular weight excluding hydrogens is 166 g/mol. The van der Waals surface area contributed by atoms with Gasteiger partial charge < -0.3 is 10.1 Å². The van der Waals surface area contributed by atoms with Gasteiger partial charge in [0.25, 0.3) is 0 Å². The zero-order valence-corrected chi connectivity index (χ0v) is 8.93. The summed E-state index contributed by atoms with van der Waals surface area (Å²) < 4.78 is 4.52. The maximum absolute atomic E-state index is 10.8. The van der Waals surface area contributed by atoms with E-state index >= 15 is 0 Å². The quantitative estimate of drug-likeness (QED) is 0.487. The summed E-state index contributed by atoms with van der Waals surface area (Å²) in [6.45, 7) is 4.61. The summed E-state index contributed by atoms with van der Waals surface area (Å²) in [4.78, 5) is 10.8. The second-order valence-electron chi connectivity index (χ2n) is 3.35. The van der Waals surface area contributed by atoms with Gasteiger partial charge in [0, 0.05) is 6.04 Å². The SMILES string of the molecule is CCCCC[C@H](C)NCC(=O)OC. The van der Waals surface area contributed by atoms with Gasteiger partial charge in [-0.2, -0.15) is 0 Å². The van der Waals surface area contributed by atoms with Crippen LogP contribution < -0.4 is 5.32 Å². The van der Waals surface area contributed by atoms with Gasteiger partial charge in [0.15, 0.2) is 0 Å². The molecule has 0 aliphatic carbocycles. The van der Waals surface area contributed by atoms with Crippen LogP contribution in [0.1, 0.15) is 39.5 Å². The van der Waals surface area contributed by atoms with Gasteiger partial charge in [-0.3, -0.25) is 4.79 Å². The van der Waals surface area contributed by atoms with E-state index in [1.54, 1.807) is 0 Å². The maximum atomic E-state index is 10.8. The van der Waals surface area contributed by atoms with Gasteiger partial charge in [0.05, 0.1) is 13.7 Å². The molecule has 78 valence electrons. The van der Waals surface area contributed by atoms with Crippen molar-refractivity contribution in [1.82, 2.24) is 5.32 Å². The normalized spacial score (nSPS) is 12.5. The van der Waals surface area contributed by atoms with E-state index in [-0.39, 0.29) is 5.97 Å². The first-order valence-electron chi connectivity index (χ1n) is 5.00. The number of ether oxygens (including phenoxy) is 1. The molecule has 0 aromatic rings. The molecule has 0 amide bonds. The van der Waals surface area contributed by atoms with Crippen LogP contribution in [0, 0.1) is 0 Å². The Balaban J connectivity index is 3.29. The van der Waals surface area contributed by atoms with Crippen LogP contribution in [-0.4, -0.2) is 25.7 Å². The van der Waals surface area contributed by atoms with Gasteiger partial charge in [-0.05, 0) is 13.3 Å². The molecule has 0 aromatic carbocycles. The molecule has 0 heterocycles. The predicted molar refractivity (Wildman–Crippen MR) is 53.6 cm³/mol. The van der Waals surface area contributed by atoms with Crippen molar-refractivity contribution in [3.8, 4) is 0 Å². The van der Waals surface area contributed by atoms with E-state index in [9.17, 15) is 4.79 Å². The molecule has 1 N–H and O–H groups in total. The summed E-state index contributed by atoms with van der Waals surface area (Å²) in [5, 5.41) is 3.12. The molecule has 0 radical (unpaired) electrons. The fourth-order valence-electron chi connectivity index (χ4n) is 1.13. The second-order valence-corrected chi connectivity index (χ2v) is 3.35. The van der Waals surface area contributed by atoms with E-state index in [0.29, 0.717) is 12.6 Å². The second kappa shape index (κ2) is 8.05. The Hall–Kier alpha value is -0.570. The minimum Gasteiger partial charge on any atom is -0.468 e. The maximum Gasteiger partial charge on any atom is 0.319 e. The number of nitrogens with one attached hydrogen (secondary N) is 1. The number of carbonyl (C=O) groups excluding carboxylic acids is 1. The molecule has 0 fully saturated rings. The van der Waals surface area contributed by atoms with Crippen molar-refractivity contribution in [3.63, 3.8) is 0 Å². The van der Waals surface area contributed by atoms with E-state index < -0.39 is 0 Å². The third-order valence-electron chi connectivity index (χ3n) is 2.06. The molecule has 0 unspecified atom stereocenters. The van der Waals surface area contributed by atoms with Crippen LogP contribution >= 0.6 is 0 Å². The summed E-state index contributed by atoms with van der Waals surface area (Å²) in [5.41, 5.74) is 0. The summed E-state index contributed by atoms with van der Waals surface area (Å²) in [6, 6.07) is 0.408. The predicted octanol–water partition coefficient (Wildman–Crippen LogP) is 1.72. The topological polar surface area (TPSA) is 38.3 Å². The first kappa shape index (κ1) is 12.4. The lowest BCUT2D eigenvalue weighted by molar-refractivity contribution is -0.139. The summed E-state index contributed by atoms with van der Waals surface area (Å²) in [5.74, 6) is -0.192. The van der Waals surface area contributed by atoms with Crippen molar-refractivity contribution in [2.75, 3.05) is 13.7 Å². The molecule has 1 atom stereocenters. The molecule has 3 nitrogen and oxygen atoms in total. The summed E-state index contributed by atoms with van der Waals surface area (Å²) >= 11 is 0. The monoisotopic (exact) mass is 187 g/mol. The number of methoxy groups -OCH3 is 1. The largest absolute Gasteiger partial charge is 0.468 e. The fourth-order valence-corrected chi connectivity index (χ4v) is 1.13. The molecule has 3 heteroatoms. The third-order valence-corrected chi connectivity index (χ3v) is 2.06. The van der Waals surface area contributed by atoms with Gasteiger partial charge in [0.1, 0.15) is 0 Å². The van der Waals surface area contributed by atoms with E-state index in [4.69, 9.17) is 0 Å². The lowest BCUT2D eigenvalue weighted by atomic mass is 10.1. The van der Waals surface area contributed by atoms with E-state index in [2.05, 4.69) is 23.9 Å². The van der Waals surface area contributed by atoms with Crippen LogP contribution in [0.3, 0.4) is 0 Å². The minimum atomic E-state index is -0.192. The van der Waals surface area contributed by atoms with Crippen LogP contribution in [0.2, 0.25) is 0 Å². The molecule has 0 bridgehead atoms. The van der Waals surface area contributed by atoms with Crippen LogP contribution in [0.25, 0.3) is 0 Å². The summed E-state index contributed by atoms with van der Waals surface area (Å²) in [6.07, 6.45) is 4.87. The summed E-state index contributed by atoms with van der Waals surface area (Å²) in [7, 11) is 1.41. The minimum absolute atomic E-state index is 0.192. The Morgan fingerprint density at radius 2 is 2.15 bits per heavy atom. The zero-order chi connectivity index (χ0) is 10.1. The van der Waals surface area contributed by atoms with E-state index in [1.165, 1.54) is 26.4 Å². The number of unbranched alkanes of at least 4 members (excludes halogenated alkanes) is 2. The van der Waals surface area contributed by atoms with Crippen LogP contribution in [0.5, 0.6) is 0 Å². The molecule has 0 spiro atoms. The number of carbonyl (C=O) groups is 1. The Bertz CT molecular complexity index is 137. The number of hydrogen-bond acceptors (Lipinski definition) is 3.